The molecule has 0 radical (unpaired) electrons. The molecule has 0 bridgehead atoms. The first-order valence-corrected chi connectivity index (χ1v) is 7.48. The highest BCUT2D eigenvalue weighted by molar-refractivity contribution is 5.96. The molecule has 21 heavy (non-hydrogen) atoms. The molecule has 116 valence electrons. The second kappa shape index (κ2) is 6.91. The van der Waals surface area contributed by atoms with Crippen molar-refractivity contribution in [2.45, 2.75) is 26.3 Å². The van der Waals surface area contributed by atoms with E-state index in [-0.39, 0.29) is 5.84 Å². The Morgan fingerprint density at radius 2 is 1.95 bits per heavy atom. The van der Waals surface area contributed by atoms with Gasteiger partial charge < -0.3 is 21.2 Å². The SMILES string of the molecule is CN1CCC(C)(CNCc2ccc(/C(N)=N/O)cc2)CC1. The third-order valence-corrected chi connectivity index (χ3v) is 4.43. The number of hydrogen-bond acceptors (Lipinski definition) is 4. The van der Waals surface area contributed by atoms with Gasteiger partial charge in [-0.2, -0.15) is 0 Å². The van der Waals surface area contributed by atoms with Crippen LogP contribution in [0.1, 0.15) is 30.9 Å². The summed E-state index contributed by atoms with van der Waals surface area (Å²) in [6.45, 7) is 6.64. The molecule has 0 aromatic heterocycles. The minimum Gasteiger partial charge on any atom is -0.409 e. The molecule has 0 aliphatic carbocycles. The summed E-state index contributed by atoms with van der Waals surface area (Å²) >= 11 is 0. The predicted molar refractivity (Wildman–Crippen MR) is 85.5 cm³/mol. The fourth-order valence-electron chi connectivity index (χ4n) is 2.69. The lowest BCUT2D eigenvalue weighted by atomic mass is 9.80. The van der Waals surface area contributed by atoms with Crippen LogP contribution in [0.15, 0.2) is 29.4 Å². The number of benzene rings is 1. The minimum atomic E-state index is 0.147. The maximum Gasteiger partial charge on any atom is 0.170 e. The fraction of sp³-hybridized carbons (Fsp3) is 0.562. The molecule has 0 amide bonds. The summed E-state index contributed by atoms with van der Waals surface area (Å²) in [6, 6.07) is 7.78. The van der Waals surface area contributed by atoms with Crippen molar-refractivity contribution in [3.8, 4) is 0 Å². The lowest BCUT2D eigenvalue weighted by Crippen LogP contribution is -2.41. The van der Waals surface area contributed by atoms with E-state index in [1.54, 1.807) is 0 Å². The number of piperidine rings is 1. The van der Waals surface area contributed by atoms with Crippen molar-refractivity contribution in [2.75, 3.05) is 26.7 Å². The third-order valence-electron chi connectivity index (χ3n) is 4.43. The van der Waals surface area contributed by atoms with Gasteiger partial charge in [-0.3, -0.25) is 0 Å². The molecule has 4 N–H and O–H groups in total. The van der Waals surface area contributed by atoms with Crippen LogP contribution < -0.4 is 11.1 Å². The summed E-state index contributed by atoms with van der Waals surface area (Å²) in [6.07, 6.45) is 2.50. The van der Waals surface area contributed by atoms with E-state index in [0.29, 0.717) is 5.41 Å². The second-order valence-corrected chi connectivity index (χ2v) is 6.40. The van der Waals surface area contributed by atoms with Crippen LogP contribution in [0.2, 0.25) is 0 Å². The summed E-state index contributed by atoms with van der Waals surface area (Å²) in [5, 5.41) is 15.2. The average Bonchev–Trinajstić information content (AvgIpc) is 2.50. The van der Waals surface area contributed by atoms with Crippen LogP contribution >= 0.6 is 0 Å². The molecular weight excluding hydrogens is 264 g/mol. The van der Waals surface area contributed by atoms with Crippen molar-refractivity contribution in [2.24, 2.45) is 16.3 Å². The Balaban J connectivity index is 1.81. The third kappa shape index (κ3) is 4.44. The average molecular weight is 290 g/mol. The lowest BCUT2D eigenvalue weighted by molar-refractivity contribution is 0.137. The maximum atomic E-state index is 8.64. The van der Waals surface area contributed by atoms with Crippen molar-refractivity contribution in [1.82, 2.24) is 10.2 Å². The normalized spacial score (nSPS) is 19.6. The Hall–Kier alpha value is -1.59. The van der Waals surface area contributed by atoms with Gasteiger partial charge in [0.25, 0.3) is 0 Å². The van der Waals surface area contributed by atoms with Crippen molar-refractivity contribution < 1.29 is 5.21 Å². The number of nitrogens with two attached hydrogens (primary N) is 1. The Kier molecular flexibility index (Phi) is 5.20. The minimum absolute atomic E-state index is 0.147. The second-order valence-electron chi connectivity index (χ2n) is 6.40. The highest BCUT2D eigenvalue weighted by atomic mass is 16.4. The highest BCUT2D eigenvalue weighted by Crippen LogP contribution is 2.29. The molecule has 1 aliphatic heterocycles. The smallest absolute Gasteiger partial charge is 0.170 e. The van der Waals surface area contributed by atoms with Gasteiger partial charge in [0.2, 0.25) is 0 Å². The molecule has 0 saturated carbocycles. The van der Waals surface area contributed by atoms with Crippen LogP contribution in [0.3, 0.4) is 0 Å². The van der Waals surface area contributed by atoms with Crippen molar-refractivity contribution >= 4 is 5.84 Å². The fourth-order valence-corrected chi connectivity index (χ4v) is 2.69. The van der Waals surface area contributed by atoms with E-state index in [0.717, 1.165) is 18.7 Å². The largest absolute Gasteiger partial charge is 0.409 e. The van der Waals surface area contributed by atoms with E-state index in [4.69, 9.17) is 10.9 Å². The molecule has 2 rings (SSSR count). The van der Waals surface area contributed by atoms with E-state index >= 15 is 0 Å². The number of amidine groups is 1. The lowest BCUT2D eigenvalue weighted by Gasteiger charge is -2.38. The van der Waals surface area contributed by atoms with E-state index in [9.17, 15) is 0 Å². The van der Waals surface area contributed by atoms with Gasteiger partial charge >= 0.3 is 0 Å². The van der Waals surface area contributed by atoms with Crippen LogP contribution in [-0.2, 0) is 6.54 Å². The van der Waals surface area contributed by atoms with Crippen LogP contribution in [0.5, 0.6) is 0 Å². The number of rotatable bonds is 5. The topological polar surface area (TPSA) is 73.9 Å². The first kappa shape index (κ1) is 15.8. The summed E-state index contributed by atoms with van der Waals surface area (Å²) in [7, 11) is 2.19. The number of nitrogens with one attached hydrogen (secondary N) is 1. The molecule has 5 heteroatoms. The summed E-state index contributed by atoms with van der Waals surface area (Å²) in [5.41, 5.74) is 7.90. The van der Waals surface area contributed by atoms with Gasteiger partial charge in [-0.15, -0.1) is 0 Å². The molecule has 5 nitrogen and oxygen atoms in total. The Morgan fingerprint density at radius 1 is 1.33 bits per heavy atom. The Bertz CT molecular complexity index is 476. The van der Waals surface area contributed by atoms with E-state index in [1.165, 1.54) is 31.5 Å². The monoisotopic (exact) mass is 290 g/mol. The molecule has 1 saturated heterocycles. The van der Waals surface area contributed by atoms with Gasteiger partial charge in [0.15, 0.2) is 5.84 Å². The molecule has 1 aromatic rings. The zero-order valence-electron chi connectivity index (χ0n) is 13.0. The quantitative estimate of drug-likeness (QED) is 0.333. The maximum absolute atomic E-state index is 8.64. The van der Waals surface area contributed by atoms with Crippen molar-refractivity contribution in [3.63, 3.8) is 0 Å². The first-order valence-electron chi connectivity index (χ1n) is 7.48. The summed E-state index contributed by atoms with van der Waals surface area (Å²) in [4.78, 5) is 2.40. The van der Waals surface area contributed by atoms with Crippen molar-refractivity contribution in [3.05, 3.63) is 35.4 Å². The first-order chi connectivity index (χ1) is 10.0. The van der Waals surface area contributed by atoms with Gasteiger partial charge in [0.1, 0.15) is 0 Å². The predicted octanol–water partition coefficient (Wildman–Crippen LogP) is 1.60. The number of oxime groups is 1. The molecule has 0 atom stereocenters. The van der Waals surface area contributed by atoms with Crippen molar-refractivity contribution in [1.29, 1.82) is 0 Å². The molecule has 1 heterocycles. The van der Waals surface area contributed by atoms with Gasteiger partial charge in [-0.05, 0) is 44.0 Å². The number of nitrogens with zero attached hydrogens (tertiary/aromatic N) is 2. The van der Waals surface area contributed by atoms with Crippen LogP contribution in [-0.4, -0.2) is 42.6 Å². The van der Waals surface area contributed by atoms with Crippen LogP contribution in [0, 0.1) is 5.41 Å². The molecule has 1 aromatic carbocycles. The standard InChI is InChI=1S/C16H26N4O/c1-16(7-9-20(2)10-8-16)12-18-11-13-3-5-14(6-4-13)15(17)19-21/h3-6,18,21H,7-12H2,1-2H3,(H2,17,19). The number of hydrogen-bond donors (Lipinski definition) is 3. The molecule has 0 unspecified atom stereocenters. The Labute approximate surface area is 126 Å². The van der Waals surface area contributed by atoms with Gasteiger partial charge in [-0.1, -0.05) is 36.3 Å². The molecular formula is C16H26N4O. The van der Waals surface area contributed by atoms with E-state index in [2.05, 4.69) is 29.3 Å². The Morgan fingerprint density at radius 3 is 2.52 bits per heavy atom. The zero-order chi connectivity index (χ0) is 15.3. The summed E-state index contributed by atoms with van der Waals surface area (Å²) < 4.78 is 0. The molecule has 1 aliphatic rings. The van der Waals surface area contributed by atoms with Gasteiger partial charge in [0, 0.05) is 18.7 Å². The molecule has 0 spiro atoms. The molecule has 1 fully saturated rings. The van der Waals surface area contributed by atoms with E-state index in [1.807, 2.05) is 24.3 Å². The van der Waals surface area contributed by atoms with Gasteiger partial charge in [0.05, 0.1) is 0 Å². The van der Waals surface area contributed by atoms with Gasteiger partial charge in [-0.25, -0.2) is 0 Å². The number of likely N-dealkylation sites (tertiary alicyclic amines) is 1. The van der Waals surface area contributed by atoms with Crippen LogP contribution in [0.25, 0.3) is 0 Å². The van der Waals surface area contributed by atoms with Crippen LogP contribution in [0.4, 0.5) is 0 Å². The summed E-state index contributed by atoms with van der Waals surface area (Å²) in [5.74, 6) is 0.147. The highest BCUT2D eigenvalue weighted by Gasteiger charge is 2.28. The van der Waals surface area contributed by atoms with E-state index < -0.39 is 0 Å². The zero-order valence-corrected chi connectivity index (χ0v) is 13.0.